The van der Waals surface area contributed by atoms with Gasteiger partial charge in [0.05, 0.1) is 11.8 Å². The van der Waals surface area contributed by atoms with Crippen molar-refractivity contribution in [2.45, 2.75) is 33.1 Å². The molecule has 2 atom stereocenters. The van der Waals surface area contributed by atoms with E-state index in [1.165, 1.54) is 5.56 Å². The molecule has 1 aromatic heterocycles. The Balaban J connectivity index is 1.62. The van der Waals surface area contributed by atoms with Crippen molar-refractivity contribution in [2.24, 2.45) is 11.8 Å². The highest BCUT2D eigenvalue weighted by atomic mass is 16.4. The Hall–Kier alpha value is -2.69. The van der Waals surface area contributed by atoms with Crippen LogP contribution in [0.1, 0.15) is 35.4 Å². The summed E-state index contributed by atoms with van der Waals surface area (Å²) in [6.07, 6.45) is 2.03. The number of aliphatic carboxylic acids is 1. The average molecular weight is 338 g/mol. The maximum absolute atomic E-state index is 12.2. The topological polar surface area (TPSA) is 79.3 Å². The molecule has 5 heteroatoms. The SMILES string of the molecule is Cc1cc(Cc2ccc(NC(=O)[C@@H]3CC[C@@H]3C(=O)O)cc2)cc(C)n1. The average Bonchev–Trinajstić information content (AvgIpc) is 2.46. The number of hydrogen-bond acceptors (Lipinski definition) is 3. The Morgan fingerprint density at radius 1 is 1.04 bits per heavy atom. The summed E-state index contributed by atoms with van der Waals surface area (Å²) in [5.41, 5.74) is 5.07. The van der Waals surface area contributed by atoms with Crippen molar-refractivity contribution in [3.8, 4) is 0 Å². The number of carbonyl (C=O) groups excluding carboxylic acids is 1. The summed E-state index contributed by atoms with van der Waals surface area (Å²) in [6, 6.07) is 11.8. The van der Waals surface area contributed by atoms with Gasteiger partial charge < -0.3 is 10.4 Å². The predicted molar refractivity (Wildman–Crippen MR) is 95.4 cm³/mol. The monoisotopic (exact) mass is 338 g/mol. The first kappa shape index (κ1) is 17.1. The van der Waals surface area contributed by atoms with Gasteiger partial charge in [-0.1, -0.05) is 12.1 Å². The summed E-state index contributed by atoms with van der Waals surface area (Å²) in [5, 5.41) is 11.9. The van der Waals surface area contributed by atoms with Gasteiger partial charge in [0.2, 0.25) is 5.91 Å². The zero-order chi connectivity index (χ0) is 18.0. The molecule has 0 saturated heterocycles. The summed E-state index contributed by atoms with van der Waals surface area (Å²) < 4.78 is 0. The van der Waals surface area contributed by atoms with Gasteiger partial charge in [0.1, 0.15) is 0 Å². The number of pyridine rings is 1. The molecule has 2 aromatic rings. The number of aromatic nitrogens is 1. The standard InChI is InChI=1S/C20H22N2O3/c1-12-9-15(10-13(2)21-12)11-14-3-5-16(6-4-14)22-19(23)17-7-8-18(17)20(24)25/h3-6,9-10,17-18H,7-8,11H2,1-2H3,(H,22,23)(H,24,25)/t17-,18+/m1/s1. The first-order valence-corrected chi connectivity index (χ1v) is 8.49. The maximum atomic E-state index is 12.2. The molecule has 1 aliphatic rings. The smallest absolute Gasteiger partial charge is 0.307 e. The van der Waals surface area contributed by atoms with E-state index in [1.54, 1.807) is 0 Å². The second kappa shape index (κ2) is 7.05. The molecule has 1 amide bonds. The number of nitrogens with zero attached hydrogens (tertiary/aromatic N) is 1. The minimum atomic E-state index is -0.885. The Labute approximate surface area is 147 Å². The van der Waals surface area contributed by atoms with E-state index in [0.717, 1.165) is 23.4 Å². The second-order valence-corrected chi connectivity index (χ2v) is 6.75. The molecule has 2 N–H and O–H groups in total. The van der Waals surface area contributed by atoms with Crippen molar-refractivity contribution in [3.05, 3.63) is 58.9 Å². The molecule has 5 nitrogen and oxygen atoms in total. The summed E-state index contributed by atoms with van der Waals surface area (Å²) in [5.74, 6) is -2.05. The van der Waals surface area contributed by atoms with Crippen LogP contribution in [0.5, 0.6) is 0 Å². The molecule has 25 heavy (non-hydrogen) atoms. The predicted octanol–water partition coefficient (Wildman–Crippen LogP) is 3.34. The van der Waals surface area contributed by atoms with Crippen molar-refractivity contribution < 1.29 is 14.7 Å². The van der Waals surface area contributed by atoms with Gasteiger partial charge in [-0.05, 0) is 68.5 Å². The van der Waals surface area contributed by atoms with Crippen LogP contribution < -0.4 is 5.32 Å². The third-order valence-corrected chi connectivity index (χ3v) is 4.70. The highest BCUT2D eigenvalue weighted by molar-refractivity contribution is 5.96. The van der Waals surface area contributed by atoms with Gasteiger partial charge >= 0.3 is 5.97 Å². The molecule has 1 fully saturated rings. The fourth-order valence-electron chi connectivity index (χ4n) is 3.31. The first-order valence-electron chi connectivity index (χ1n) is 8.49. The third-order valence-electron chi connectivity index (χ3n) is 4.70. The zero-order valence-corrected chi connectivity index (χ0v) is 14.5. The van der Waals surface area contributed by atoms with Crippen molar-refractivity contribution in [3.63, 3.8) is 0 Å². The Morgan fingerprint density at radius 2 is 1.64 bits per heavy atom. The van der Waals surface area contributed by atoms with Crippen LogP contribution in [0.15, 0.2) is 36.4 Å². The molecule has 0 unspecified atom stereocenters. The number of carboxylic acids is 1. The highest BCUT2D eigenvalue weighted by Crippen LogP contribution is 2.35. The van der Waals surface area contributed by atoms with E-state index >= 15 is 0 Å². The fourth-order valence-corrected chi connectivity index (χ4v) is 3.31. The largest absolute Gasteiger partial charge is 0.481 e. The lowest BCUT2D eigenvalue weighted by Crippen LogP contribution is -2.41. The third kappa shape index (κ3) is 4.05. The highest BCUT2D eigenvalue weighted by Gasteiger charge is 2.41. The van der Waals surface area contributed by atoms with Crippen LogP contribution in [0.3, 0.4) is 0 Å². The van der Waals surface area contributed by atoms with E-state index in [-0.39, 0.29) is 5.91 Å². The summed E-state index contributed by atoms with van der Waals surface area (Å²) in [6.45, 7) is 3.97. The molecule has 0 bridgehead atoms. The van der Waals surface area contributed by atoms with Gasteiger partial charge in [-0.25, -0.2) is 0 Å². The van der Waals surface area contributed by atoms with Crippen molar-refractivity contribution in [1.82, 2.24) is 4.98 Å². The van der Waals surface area contributed by atoms with E-state index in [0.29, 0.717) is 18.5 Å². The molecule has 1 saturated carbocycles. The quantitative estimate of drug-likeness (QED) is 0.876. The summed E-state index contributed by atoms with van der Waals surface area (Å²) in [4.78, 5) is 27.6. The number of amides is 1. The molecule has 1 aromatic carbocycles. The van der Waals surface area contributed by atoms with Crippen molar-refractivity contribution >= 4 is 17.6 Å². The minimum absolute atomic E-state index is 0.202. The van der Waals surface area contributed by atoms with E-state index in [9.17, 15) is 9.59 Å². The van der Waals surface area contributed by atoms with E-state index in [2.05, 4.69) is 22.4 Å². The number of carboxylic acid groups (broad SMARTS) is 1. The normalized spacial score (nSPS) is 19.1. The van der Waals surface area contributed by atoms with Crippen LogP contribution in [-0.4, -0.2) is 22.0 Å². The fraction of sp³-hybridized carbons (Fsp3) is 0.350. The Bertz CT molecular complexity index is 779. The molecular formula is C20H22N2O3. The second-order valence-electron chi connectivity index (χ2n) is 6.75. The van der Waals surface area contributed by atoms with E-state index < -0.39 is 17.8 Å². The first-order chi connectivity index (χ1) is 11.9. The van der Waals surface area contributed by atoms with Gasteiger partial charge in [-0.15, -0.1) is 0 Å². The summed E-state index contributed by atoms with van der Waals surface area (Å²) in [7, 11) is 0. The Kier molecular flexibility index (Phi) is 4.83. The van der Waals surface area contributed by atoms with E-state index in [4.69, 9.17) is 5.11 Å². The number of carbonyl (C=O) groups is 2. The molecule has 0 radical (unpaired) electrons. The van der Waals surface area contributed by atoms with Crippen LogP contribution in [0, 0.1) is 25.7 Å². The van der Waals surface area contributed by atoms with Crippen LogP contribution in [0.4, 0.5) is 5.69 Å². The number of rotatable bonds is 5. The lowest BCUT2D eigenvalue weighted by atomic mass is 9.73. The minimum Gasteiger partial charge on any atom is -0.481 e. The molecule has 1 aliphatic carbocycles. The van der Waals surface area contributed by atoms with Crippen LogP contribution in [-0.2, 0) is 16.0 Å². The van der Waals surface area contributed by atoms with Crippen molar-refractivity contribution in [1.29, 1.82) is 0 Å². The molecule has 130 valence electrons. The van der Waals surface area contributed by atoms with Gasteiger partial charge in [0.15, 0.2) is 0 Å². The lowest BCUT2D eigenvalue weighted by Gasteiger charge is -2.31. The molecular weight excluding hydrogens is 316 g/mol. The number of anilines is 1. The number of nitrogens with one attached hydrogen (secondary N) is 1. The van der Waals surface area contributed by atoms with Gasteiger partial charge in [-0.2, -0.15) is 0 Å². The number of aryl methyl sites for hydroxylation is 2. The van der Waals surface area contributed by atoms with Gasteiger partial charge in [-0.3, -0.25) is 14.6 Å². The molecule has 3 rings (SSSR count). The van der Waals surface area contributed by atoms with E-state index in [1.807, 2.05) is 38.1 Å². The maximum Gasteiger partial charge on any atom is 0.307 e. The molecule has 0 spiro atoms. The van der Waals surface area contributed by atoms with Crippen LogP contribution >= 0.6 is 0 Å². The number of hydrogen-bond donors (Lipinski definition) is 2. The lowest BCUT2D eigenvalue weighted by molar-refractivity contribution is -0.151. The van der Waals surface area contributed by atoms with Crippen LogP contribution in [0.25, 0.3) is 0 Å². The molecule has 1 heterocycles. The zero-order valence-electron chi connectivity index (χ0n) is 14.5. The Morgan fingerprint density at radius 3 is 2.16 bits per heavy atom. The molecule has 0 aliphatic heterocycles. The number of benzene rings is 1. The van der Waals surface area contributed by atoms with Crippen molar-refractivity contribution in [2.75, 3.05) is 5.32 Å². The van der Waals surface area contributed by atoms with Gasteiger partial charge in [0.25, 0.3) is 0 Å². The summed E-state index contributed by atoms with van der Waals surface area (Å²) >= 11 is 0. The van der Waals surface area contributed by atoms with Gasteiger partial charge in [0, 0.05) is 17.1 Å². The van der Waals surface area contributed by atoms with Crippen LogP contribution in [0.2, 0.25) is 0 Å².